The molecule has 0 spiro atoms. The standard InChI is InChI=1S/C27H33N5O2/c1-20-6-4-5-7-25(20)34-26-23-19-31(18-21-8-10-22(11-9-21)30(2)3)13-12-24(23)28-27(29-26)32-14-16-33-17-15-32/h4-11H,12-19H2,1-3H3. The number of hydrogen-bond donors (Lipinski definition) is 0. The molecule has 2 aromatic carbocycles. The van der Waals surface area contributed by atoms with Crippen LogP contribution in [0.5, 0.6) is 11.6 Å². The molecule has 7 nitrogen and oxygen atoms in total. The Morgan fingerprint density at radius 1 is 0.971 bits per heavy atom. The molecular weight excluding hydrogens is 426 g/mol. The average molecular weight is 460 g/mol. The second-order valence-electron chi connectivity index (χ2n) is 9.24. The molecule has 1 saturated heterocycles. The van der Waals surface area contributed by atoms with Gasteiger partial charge in [0, 0.05) is 58.9 Å². The van der Waals surface area contributed by atoms with Crippen LogP contribution in [0.15, 0.2) is 48.5 Å². The second-order valence-corrected chi connectivity index (χ2v) is 9.24. The molecule has 0 aliphatic carbocycles. The third kappa shape index (κ3) is 5.00. The number of nitrogens with zero attached hydrogens (tertiary/aromatic N) is 5. The van der Waals surface area contributed by atoms with Crippen LogP contribution in [-0.4, -0.2) is 61.8 Å². The van der Waals surface area contributed by atoms with Crippen molar-refractivity contribution < 1.29 is 9.47 Å². The van der Waals surface area contributed by atoms with Crippen LogP contribution in [0.4, 0.5) is 11.6 Å². The lowest BCUT2D eigenvalue weighted by Crippen LogP contribution is -2.38. The molecule has 1 aromatic heterocycles. The Kier molecular flexibility index (Phi) is 6.65. The Balaban J connectivity index is 1.42. The molecule has 5 rings (SSSR count). The van der Waals surface area contributed by atoms with Gasteiger partial charge in [-0.15, -0.1) is 0 Å². The van der Waals surface area contributed by atoms with Crippen LogP contribution >= 0.6 is 0 Å². The van der Waals surface area contributed by atoms with E-state index in [-0.39, 0.29) is 0 Å². The summed E-state index contributed by atoms with van der Waals surface area (Å²) in [7, 11) is 4.13. The third-order valence-corrected chi connectivity index (χ3v) is 6.54. The largest absolute Gasteiger partial charge is 0.438 e. The molecule has 3 aromatic rings. The number of morpholine rings is 1. The van der Waals surface area contributed by atoms with Gasteiger partial charge in [-0.2, -0.15) is 4.98 Å². The molecule has 0 amide bonds. The first-order chi connectivity index (χ1) is 16.6. The van der Waals surface area contributed by atoms with Gasteiger partial charge in [0.2, 0.25) is 11.8 Å². The Morgan fingerprint density at radius 3 is 2.47 bits per heavy atom. The summed E-state index contributed by atoms with van der Waals surface area (Å²) in [4.78, 5) is 16.7. The molecule has 2 aliphatic rings. The van der Waals surface area contributed by atoms with E-state index in [1.54, 1.807) is 0 Å². The van der Waals surface area contributed by atoms with Gasteiger partial charge in [0.05, 0.1) is 24.5 Å². The van der Waals surface area contributed by atoms with Crippen LogP contribution < -0.4 is 14.5 Å². The van der Waals surface area contributed by atoms with Gasteiger partial charge >= 0.3 is 0 Å². The van der Waals surface area contributed by atoms with Crippen molar-refractivity contribution in [3.05, 3.63) is 70.9 Å². The number of aryl methyl sites for hydroxylation is 1. The van der Waals surface area contributed by atoms with Crippen molar-refractivity contribution in [3.8, 4) is 11.6 Å². The Labute approximate surface area is 201 Å². The lowest BCUT2D eigenvalue weighted by molar-refractivity contribution is 0.122. The molecule has 3 heterocycles. The minimum absolute atomic E-state index is 0.674. The predicted octanol–water partition coefficient (Wildman–Crippen LogP) is 4.04. The van der Waals surface area contributed by atoms with E-state index < -0.39 is 0 Å². The zero-order chi connectivity index (χ0) is 23.5. The molecule has 0 bridgehead atoms. The minimum Gasteiger partial charge on any atom is -0.438 e. The molecule has 1 fully saturated rings. The number of anilines is 2. The van der Waals surface area contributed by atoms with Crippen LogP contribution in [0.25, 0.3) is 0 Å². The average Bonchev–Trinajstić information content (AvgIpc) is 2.86. The van der Waals surface area contributed by atoms with Crippen LogP contribution in [-0.2, 0) is 24.2 Å². The first-order valence-electron chi connectivity index (χ1n) is 12.0. The number of rotatable bonds is 6. The summed E-state index contributed by atoms with van der Waals surface area (Å²) in [5.41, 5.74) is 5.80. The molecule has 0 unspecified atom stereocenters. The number of ether oxygens (including phenoxy) is 2. The maximum Gasteiger partial charge on any atom is 0.229 e. The van der Waals surface area contributed by atoms with Crippen molar-refractivity contribution in [2.45, 2.75) is 26.4 Å². The summed E-state index contributed by atoms with van der Waals surface area (Å²) >= 11 is 0. The van der Waals surface area contributed by atoms with E-state index in [0.29, 0.717) is 19.1 Å². The van der Waals surface area contributed by atoms with E-state index in [0.717, 1.165) is 67.7 Å². The first-order valence-corrected chi connectivity index (χ1v) is 12.0. The number of para-hydroxylation sites is 1. The summed E-state index contributed by atoms with van der Waals surface area (Å²) in [5, 5.41) is 0. The molecule has 2 aliphatic heterocycles. The van der Waals surface area contributed by atoms with Crippen molar-refractivity contribution in [2.75, 3.05) is 56.7 Å². The Morgan fingerprint density at radius 2 is 1.74 bits per heavy atom. The highest BCUT2D eigenvalue weighted by atomic mass is 16.5. The highest BCUT2D eigenvalue weighted by molar-refractivity contribution is 5.47. The number of fused-ring (bicyclic) bond motifs is 1. The zero-order valence-corrected chi connectivity index (χ0v) is 20.3. The predicted molar refractivity (Wildman–Crippen MR) is 135 cm³/mol. The maximum absolute atomic E-state index is 6.44. The smallest absolute Gasteiger partial charge is 0.229 e. The van der Waals surface area contributed by atoms with E-state index in [1.807, 2.05) is 18.2 Å². The van der Waals surface area contributed by atoms with Gasteiger partial charge in [-0.1, -0.05) is 30.3 Å². The molecule has 34 heavy (non-hydrogen) atoms. The van der Waals surface area contributed by atoms with Crippen LogP contribution in [0, 0.1) is 6.92 Å². The SMILES string of the molecule is Cc1ccccc1Oc1nc(N2CCOCC2)nc2c1CN(Cc1ccc(N(C)C)cc1)CC2. The van der Waals surface area contributed by atoms with Crippen molar-refractivity contribution in [1.82, 2.24) is 14.9 Å². The third-order valence-electron chi connectivity index (χ3n) is 6.54. The van der Waals surface area contributed by atoms with Crippen molar-refractivity contribution in [2.24, 2.45) is 0 Å². The van der Waals surface area contributed by atoms with Gasteiger partial charge in [-0.25, -0.2) is 4.98 Å². The fourth-order valence-electron chi connectivity index (χ4n) is 4.48. The lowest BCUT2D eigenvalue weighted by atomic mass is 10.1. The summed E-state index contributed by atoms with van der Waals surface area (Å²) in [6.07, 6.45) is 0.884. The normalized spacial score (nSPS) is 16.3. The van der Waals surface area contributed by atoms with E-state index in [4.69, 9.17) is 19.4 Å². The topological polar surface area (TPSA) is 54.0 Å². The number of benzene rings is 2. The Bertz CT molecular complexity index is 1130. The van der Waals surface area contributed by atoms with Crippen LogP contribution in [0.3, 0.4) is 0 Å². The zero-order valence-electron chi connectivity index (χ0n) is 20.3. The van der Waals surface area contributed by atoms with Crippen molar-refractivity contribution >= 4 is 11.6 Å². The quantitative estimate of drug-likeness (QED) is 0.551. The molecule has 0 radical (unpaired) electrons. The molecule has 7 heteroatoms. The van der Waals surface area contributed by atoms with Gasteiger partial charge < -0.3 is 19.3 Å². The highest BCUT2D eigenvalue weighted by Crippen LogP contribution is 2.33. The van der Waals surface area contributed by atoms with Crippen LogP contribution in [0.2, 0.25) is 0 Å². The van der Waals surface area contributed by atoms with Gasteiger partial charge in [-0.05, 0) is 36.2 Å². The summed E-state index contributed by atoms with van der Waals surface area (Å²) < 4.78 is 12.0. The summed E-state index contributed by atoms with van der Waals surface area (Å²) in [6, 6.07) is 16.9. The number of aromatic nitrogens is 2. The molecule has 0 N–H and O–H groups in total. The van der Waals surface area contributed by atoms with Crippen molar-refractivity contribution in [1.29, 1.82) is 0 Å². The van der Waals surface area contributed by atoms with E-state index in [9.17, 15) is 0 Å². The highest BCUT2D eigenvalue weighted by Gasteiger charge is 2.26. The fraction of sp³-hybridized carbons (Fsp3) is 0.407. The monoisotopic (exact) mass is 459 g/mol. The second kappa shape index (κ2) is 9.99. The van der Waals surface area contributed by atoms with Gasteiger partial charge in [0.15, 0.2) is 0 Å². The molecular formula is C27H33N5O2. The minimum atomic E-state index is 0.674. The maximum atomic E-state index is 6.44. The first kappa shape index (κ1) is 22.6. The molecule has 0 saturated carbocycles. The summed E-state index contributed by atoms with van der Waals surface area (Å²) in [6.45, 7) is 7.71. The van der Waals surface area contributed by atoms with E-state index in [2.05, 4.69) is 66.1 Å². The van der Waals surface area contributed by atoms with Gasteiger partial charge in [-0.3, -0.25) is 4.90 Å². The van der Waals surface area contributed by atoms with Gasteiger partial charge in [0.1, 0.15) is 5.75 Å². The molecule has 178 valence electrons. The number of hydrogen-bond acceptors (Lipinski definition) is 7. The van der Waals surface area contributed by atoms with Crippen molar-refractivity contribution in [3.63, 3.8) is 0 Å². The summed E-state index contributed by atoms with van der Waals surface area (Å²) in [5.74, 6) is 2.26. The molecule has 0 atom stereocenters. The van der Waals surface area contributed by atoms with E-state index in [1.165, 1.54) is 11.3 Å². The van der Waals surface area contributed by atoms with Crippen LogP contribution in [0.1, 0.15) is 22.4 Å². The van der Waals surface area contributed by atoms with Gasteiger partial charge in [0.25, 0.3) is 0 Å². The Hall–Kier alpha value is -3.16. The lowest BCUT2D eigenvalue weighted by Gasteiger charge is -2.32. The fourth-order valence-corrected chi connectivity index (χ4v) is 4.48. The van der Waals surface area contributed by atoms with E-state index >= 15 is 0 Å².